The molecule has 4 nitrogen and oxygen atoms in total. The van der Waals surface area contributed by atoms with Crippen LogP contribution >= 0.6 is 0 Å². The van der Waals surface area contributed by atoms with Gasteiger partial charge in [-0.3, -0.25) is 0 Å². The van der Waals surface area contributed by atoms with Crippen molar-refractivity contribution >= 4 is 0 Å². The molecule has 0 spiro atoms. The summed E-state index contributed by atoms with van der Waals surface area (Å²) in [6, 6.07) is 0. The number of nitrogens with one attached hydrogen (secondary N) is 1. The second-order valence-electron chi connectivity index (χ2n) is 1.02. The van der Waals surface area contributed by atoms with E-state index in [2.05, 4.69) is 0 Å². The highest BCUT2D eigenvalue weighted by molar-refractivity contribution is 4.17. The maximum absolute atomic E-state index is 7.75. The number of hydrogen-bond donors (Lipinski definition) is 4. The van der Waals surface area contributed by atoms with Crippen LogP contribution in [0, 0.1) is 0 Å². The molecule has 0 aliphatic carbocycles. The number of hydroxylamine groups is 1. The Bertz CT molecular complexity index is 20.0. The van der Waals surface area contributed by atoms with Crippen molar-refractivity contribution in [1.29, 1.82) is 0 Å². The fourth-order valence-electron chi connectivity index (χ4n) is 0. The molecule has 0 aromatic rings. The number of rotatable bonds is 2. The van der Waals surface area contributed by atoms with Crippen molar-refractivity contribution in [3.8, 4) is 0 Å². The fourth-order valence-corrected chi connectivity index (χ4v) is 0. The van der Waals surface area contributed by atoms with Crippen molar-refractivity contribution in [2.24, 2.45) is 5.73 Å². The van der Waals surface area contributed by atoms with Crippen molar-refractivity contribution < 1.29 is 10.3 Å². The van der Waals surface area contributed by atoms with Crippen LogP contribution < -0.4 is 11.2 Å². The SMILES string of the molecule is CCNO.NCCO. The van der Waals surface area contributed by atoms with Crippen LogP contribution in [-0.4, -0.2) is 30.0 Å². The second-order valence-corrected chi connectivity index (χ2v) is 1.02. The third kappa shape index (κ3) is 40.4. The van der Waals surface area contributed by atoms with Crippen molar-refractivity contribution in [2.45, 2.75) is 6.92 Å². The minimum absolute atomic E-state index is 0.0972. The van der Waals surface area contributed by atoms with Gasteiger partial charge in [0, 0.05) is 13.1 Å². The van der Waals surface area contributed by atoms with Crippen molar-refractivity contribution in [1.82, 2.24) is 5.48 Å². The Balaban J connectivity index is 0. The first-order valence-corrected chi connectivity index (χ1v) is 2.51. The van der Waals surface area contributed by atoms with Gasteiger partial charge >= 0.3 is 0 Å². The summed E-state index contributed by atoms with van der Waals surface area (Å²) in [6.45, 7) is 2.92. The van der Waals surface area contributed by atoms with Gasteiger partial charge in [0.25, 0.3) is 0 Å². The highest BCUT2D eigenvalue weighted by atomic mass is 16.5. The van der Waals surface area contributed by atoms with Crippen molar-refractivity contribution in [2.75, 3.05) is 19.7 Å². The molecule has 0 radical (unpaired) electrons. The first kappa shape index (κ1) is 10.8. The van der Waals surface area contributed by atoms with E-state index in [1.807, 2.05) is 12.4 Å². The number of hydrogen-bond acceptors (Lipinski definition) is 4. The van der Waals surface area contributed by atoms with Gasteiger partial charge in [0.05, 0.1) is 6.61 Å². The van der Waals surface area contributed by atoms with E-state index >= 15 is 0 Å². The van der Waals surface area contributed by atoms with Crippen LogP contribution in [0.5, 0.6) is 0 Å². The summed E-state index contributed by atoms with van der Waals surface area (Å²) >= 11 is 0. The van der Waals surface area contributed by atoms with Crippen molar-refractivity contribution in [3.63, 3.8) is 0 Å². The lowest BCUT2D eigenvalue weighted by Gasteiger charge is -1.75. The molecule has 0 aliphatic heterocycles. The van der Waals surface area contributed by atoms with E-state index in [1.165, 1.54) is 0 Å². The summed E-state index contributed by atoms with van der Waals surface area (Å²) in [7, 11) is 0. The van der Waals surface area contributed by atoms with E-state index in [0.29, 0.717) is 13.1 Å². The average molecular weight is 122 g/mol. The topological polar surface area (TPSA) is 78.5 Å². The monoisotopic (exact) mass is 122 g/mol. The number of nitrogens with two attached hydrogens (primary N) is 1. The van der Waals surface area contributed by atoms with Gasteiger partial charge in [-0.25, -0.2) is 5.48 Å². The summed E-state index contributed by atoms with van der Waals surface area (Å²) in [5.74, 6) is 0. The van der Waals surface area contributed by atoms with Crippen LogP contribution in [0.2, 0.25) is 0 Å². The maximum atomic E-state index is 7.75. The molecule has 0 unspecified atom stereocenters. The van der Waals surface area contributed by atoms with Crippen LogP contribution in [-0.2, 0) is 0 Å². The molecule has 4 heteroatoms. The zero-order valence-corrected chi connectivity index (χ0v) is 5.09. The van der Waals surface area contributed by atoms with Crippen LogP contribution in [0.3, 0.4) is 0 Å². The Hall–Kier alpha value is -0.160. The Morgan fingerprint density at radius 1 is 1.62 bits per heavy atom. The molecular formula is C4H14N2O2. The molecule has 0 fully saturated rings. The lowest BCUT2D eigenvalue weighted by atomic mass is 10.8. The van der Waals surface area contributed by atoms with Gasteiger partial charge in [0.2, 0.25) is 0 Å². The molecule has 52 valence electrons. The summed E-state index contributed by atoms with van der Waals surface area (Å²) < 4.78 is 0. The summed E-state index contributed by atoms with van der Waals surface area (Å²) in [6.07, 6.45) is 0. The molecule has 0 aliphatic rings. The molecule has 0 bridgehead atoms. The predicted molar refractivity (Wildman–Crippen MR) is 31.6 cm³/mol. The molecular weight excluding hydrogens is 108 g/mol. The van der Waals surface area contributed by atoms with Gasteiger partial charge in [-0.2, -0.15) is 0 Å². The second kappa shape index (κ2) is 15.8. The first-order chi connectivity index (χ1) is 3.83. The van der Waals surface area contributed by atoms with Gasteiger partial charge in [0.1, 0.15) is 0 Å². The van der Waals surface area contributed by atoms with Crippen molar-refractivity contribution in [3.05, 3.63) is 0 Å². The molecule has 0 heterocycles. The zero-order valence-electron chi connectivity index (χ0n) is 5.09. The molecule has 0 saturated heterocycles. The summed E-state index contributed by atoms with van der Waals surface area (Å²) in [5, 5.41) is 15.4. The third-order valence-electron chi connectivity index (χ3n) is 0.287. The molecule has 0 aromatic carbocycles. The van der Waals surface area contributed by atoms with Crippen LogP contribution in [0.15, 0.2) is 0 Å². The van der Waals surface area contributed by atoms with E-state index in [9.17, 15) is 0 Å². The van der Waals surface area contributed by atoms with Crippen LogP contribution in [0.1, 0.15) is 6.92 Å². The molecule has 0 aromatic heterocycles. The fraction of sp³-hybridized carbons (Fsp3) is 1.00. The van der Waals surface area contributed by atoms with Gasteiger partial charge in [0.15, 0.2) is 0 Å². The Labute approximate surface area is 49.3 Å². The minimum Gasteiger partial charge on any atom is -0.395 e. The summed E-state index contributed by atoms with van der Waals surface area (Å²) in [5.41, 5.74) is 6.71. The molecule has 0 saturated carbocycles. The van der Waals surface area contributed by atoms with E-state index in [1.54, 1.807) is 0 Å². The van der Waals surface area contributed by atoms with Gasteiger partial charge < -0.3 is 16.0 Å². The number of aliphatic hydroxyl groups excluding tert-OH is 1. The lowest BCUT2D eigenvalue weighted by molar-refractivity contribution is 0.173. The average Bonchev–Trinajstić information content (AvgIpc) is 1.88. The normalized spacial score (nSPS) is 7.50. The standard InChI is InChI=1S/2C2H7NO/c1-2-3-4;3-1-2-4/h3-4H,2H2,1H3;4H,1-3H2. The zero-order chi connectivity index (χ0) is 6.83. The number of aliphatic hydroxyl groups is 1. The van der Waals surface area contributed by atoms with Crippen LogP contribution in [0.4, 0.5) is 0 Å². The van der Waals surface area contributed by atoms with Gasteiger partial charge in [-0.15, -0.1) is 0 Å². The first-order valence-electron chi connectivity index (χ1n) is 2.51. The van der Waals surface area contributed by atoms with E-state index in [4.69, 9.17) is 16.0 Å². The highest BCUT2D eigenvalue weighted by Gasteiger charge is 1.56. The largest absolute Gasteiger partial charge is 0.395 e. The predicted octanol–water partition coefficient (Wildman–Crippen LogP) is -1.08. The molecule has 0 amide bonds. The minimum atomic E-state index is 0.0972. The molecule has 0 atom stereocenters. The van der Waals surface area contributed by atoms with Crippen LogP contribution in [0.25, 0.3) is 0 Å². The van der Waals surface area contributed by atoms with Gasteiger partial charge in [-0.1, -0.05) is 6.92 Å². The smallest absolute Gasteiger partial charge is 0.0553 e. The molecule has 0 rings (SSSR count). The quantitative estimate of drug-likeness (QED) is 0.351. The molecule has 5 N–H and O–H groups in total. The Morgan fingerprint density at radius 2 is 1.88 bits per heavy atom. The van der Waals surface area contributed by atoms with E-state index in [0.717, 1.165) is 0 Å². The third-order valence-corrected chi connectivity index (χ3v) is 0.287. The molecule has 8 heavy (non-hydrogen) atoms. The summed E-state index contributed by atoms with van der Waals surface area (Å²) in [4.78, 5) is 0. The lowest BCUT2D eigenvalue weighted by Crippen LogP contribution is -2.02. The highest BCUT2D eigenvalue weighted by Crippen LogP contribution is 1.34. The van der Waals surface area contributed by atoms with Gasteiger partial charge in [-0.05, 0) is 0 Å². The van der Waals surface area contributed by atoms with E-state index < -0.39 is 0 Å². The van der Waals surface area contributed by atoms with E-state index in [-0.39, 0.29) is 6.61 Å². The maximum Gasteiger partial charge on any atom is 0.0553 e. The Morgan fingerprint density at radius 3 is 1.88 bits per heavy atom. The Kier molecular flexibility index (Phi) is 21.3.